The molecule has 20 heavy (non-hydrogen) atoms. The first-order valence-corrected chi connectivity index (χ1v) is 10.6. The SMILES string of the molecule is CCO[SiH](OCC)C(C(C)CC)C1CCCCCCC1. The molecule has 0 heterocycles. The third-order valence-corrected chi connectivity index (χ3v) is 8.12. The fourth-order valence-corrected chi connectivity index (χ4v) is 6.53. The van der Waals surface area contributed by atoms with Crippen molar-refractivity contribution >= 4 is 9.28 Å². The minimum atomic E-state index is -1.53. The summed E-state index contributed by atoms with van der Waals surface area (Å²) in [5.41, 5.74) is 0.706. The highest BCUT2D eigenvalue weighted by molar-refractivity contribution is 6.46. The van der Waals surface area contributed by atoms with Crippen LogP contribution in [0.2, 0.25) is 5.54 Å². The Morgan fingerprint density at radius 3 is 1.85 bits per heavy atom. The molecule has 0 aromatic carbocycles. The fourth-order valence-electron chi connectivity index (χ4n) is 3.70. The monoisotopic (exact) mass is 300 g/mol. The van der Waals surface area contributed by atoms with Crippen LogP contribution >= 0.6 is 0 Å². The van der Waals surface area contributed by atoms with Crippen LogP contribution in [0, 0.1) is 11.8 Å². The van der Waals surface area contributed by atoms with E-state index in [9.17, 15) is 0 Å². The van der Waals surface area contributed by atoms with Crippen LogP contribution in [0.15, 0.2) is 0 Å². The predicted molar refractivity (Wildman–Crippen MR) is 89.4 cm³/mol. The summed E-state index contributed by atoms with van der Waals surface area (Å²) in [5.74, 6) is 1.59. The lowest BCUT2D eigenvalue weighted by atomic mass is 9.83. The lowest BCUT2D eigenvalue weighted by Gasteiger charge is -2.36. The molecule has 0 radical (unpaired) electrons. The van der Waals surface area contributed by atoms with E-state index in [0.717, 1.165) is 25.0 Å². The highest BCUT2D eigenvalue weighted by Crippen LogP contribution is 2.40. The van der Waals surface area contributed by atoms with Crippen LogP contribution in [0.5, 0.6) is 0 Å². The first-order chi connectivity index (χ1) is 9.74. The lowest BCUT2D eigenvalue weighted by molar-refractivity contribution is 0.170. The van der Waals surface area contributed by atoms with Gasteiger partial charge in [0.25, 0.3) is 0 Å². The summed E-state index contributed by atoms with van der Waals surface area (Å²) >= 11 is 0. The maximum atomic E-state index is 6.11. The van der Waals surface area contributed by atoms with E-state index in [4.69, 9.17) is 8.85 Å². The third kappa shape index (κ3) is 5.86. The van der Waals surface area contributed by atoms with Crippen LogP contribution in [0.25, 0.3) is 0 Å². The number of hydrogen-bond acceptors (Lipinski definition) is 2. The molecule has 0 amide bonds. The highest BCUT2D eigenvalue weighted by atomic mass is 28.3. The van der Waals surface area contributed by atoms with Gasteiger partial charge in [0.2, 0.25) is 0 Å². The van der Waals surface area contributed by atoms with Crippen molar-refractivity contribution in [3.63, 3.8) is 0 Å². The zero-order chi connectivity index (χ0) is 14.8. The van der Waals surface area contributed by atoms with Crippen LogP contribution in [-0.2, 0) is 8.85 Å². The van der Waals surface area contributed by atoms with Gasteiger partial charge in [-0.3, -0.25) is 0 Å². The van der Waals surface area contributed by atoms with Gasteiger partial charge in [0.1, 0.15) is 0 Å². The lowest BCUT2D eigenvalue weighted by Crippen LogP contribution is -2.37. The Labute approximate surface area is 128 Å². The molecule has 2 unspecified atom stereocenters. The summed E-state index contributed by atoms with van der Waals surface area (Å²) in [6.07, 6.45) is 11.2. The van der Waals surface area contributed by atoms with Gasteiger partial charge in [0.15, 0.2) is 0 Å². The van der Waals surface area contributed by atoms with Crippen molar-refractivity contribution in [2.24, 2.45) is 11.8 Å². The summed E-state index contributed by atoms with van der Waals surface area (Å²) in [4.78, 5) is 0. The molecule has 0 aliphatic heterocycles. The van der Waals surface area contributed by atoms with Gasteiger partial charge in [0.05, 0.1) is 0 Å². The zero-order valence-corrected chi connectivity index (χ0v) is 15.4. The minimum Gasteiger partial charge on any atom is -0.397 e. The molecular formula is C17H36O2Si. The summed E-state index contributed by atoms with van der Waals surface area (Å²) in [7, 11) is -1.53. The number of rotatable bonds is 8. The van der Waals surface area contributed by atoms with Crippen LogP contribution < -0.4 is 0 Å². The van der Waals surface area contributed by atoms with E-state index in [1.165, 1.54) is 51.4 Å². The van der Waals surface area contributed by atoms with Crippen molar-refractivity contribution in [3.8, 4) is 0 Å². The van der Waals surface area contributed by atoms with Gasteiger partial charge in [-0.1, -0.05) is 65.2 Å². The molecule has 1 fully saturated rings. The summed E-state index contributed by atoms with van der Waals surface area (Å²) in [6, 6.07) is 0. The molecule has 2 nitrogen and oxygen atoms in total. The van der Waals surface area contributed by atoms with Gasteiger partial charge >= 0.3 is 9.28 Å². The first-order valence-electron chi connectivity index (χ1n) is 8.97. The maximum Gasteiger partial charge on any atom is 0.325 e. The molecule has 0 aromatic heterocycles. The Kier molecular flexibility index (Phi) is 9.83. The summed E-state index contributed by atoms with van der Waals surface area (Å²) in [5, 5.41) is 0. The second kappa shape index (κ2) is 10.8. The van der Waals surface area contributed by atoms with Gasteiger partial charge in [-0.2, -0.15) is 0 Å². The third-order valence-electron chi connectivity index (χ3n) is 4.97. The Bertz CT molecular complexity index is 221. The highest BCUT2D eigenvalue weighted by Gasteiger charge is 2.36. The molecule has 1 saturated carbocycles. The Hall–Kier alpha value is 0.137. The molecular weight excluding hydrogens is 264 g/mol. The second-order valence-corrected chi connectivity index (χ2v) is 8.52. The molecule has 1 aliphatic carbocycles. The molecule has 0 aromatic rings. The van der Waals surface area contributed by atoms with Gasteiger partial charge in [-0.15, -0.1) is 0 Å². The van der Waals surface area contributed by atoms with E-state index in [1.54, 1.807) is 0 Å². The zero-order valence-electron chi connectivity index (χ0n) is 14.2. The van der Waals surface area contributed by atoms with Crippen molar-refractivity contribution in [2.75, 3.05) is 13.2 Å². The molecule has 0 saturated heterocycles. The van der Waals surface area contributed by atoms with E-state index >= 15 is 0 Å². The average molecular weight is 301 g/mol. The molecule has 0 N–H and O–H groups in total. The maximum absolute atomic E-state index is 6.11. The second-order valence-electron chi connectivity index (χ2n) is 6.35. The van der Waals surface area contributed by atoms with E-state index < -0.39 is 9.28 Å². The van der Waals surface area contributed by atoms with Crippen molar-refractivity contribution in [1.82, 2.24) is 0 Å². The molecule has 1 aliphatic rings. The van der Waals surface area contributed by atoms with Crippen molar-refractivity contribution < 1.29 is 8.85 Å². The minimum absolute atomic E-state index is 0.706. The van der Waals surface area contributed by atoms with Crippen LogP contribution in [0.3, 0.4) is 0 Å². The topological polar surface area (TPSA) is 18.5 Å². The molecule has 0 bridgehead atoms. The van der Waals surface area contributed by atoms with Crippen LogP contribution in [-0.4, -0.2) is 22.5 Å². The van der Waals surface area contributed by atoms with E-state index in [-0.39, 0.29) is 0 Å². The summed E-state index contributed by atoms with van der Waals surface area (Å²) < 4.78 is 12.2. The summed E-state index contributed by atoms with van der Waals surface area (Å²) in [6.45, 7) is 10.6. The normalized spacial score (nSPS) is 21.4. The van der Waals surface area contributed by atoms with Crippen LogP contribution in [0.4, 0.5) is 0 Å². The average Bonchev–Trinajstić information content (AvgIpc) is 2.41. The van der Waals surface area contributed by atoms with E-state index in [0.29, 0.717) is 5.54 Å². The Morgan fingerprint density at radius 1 is 0.900 bits per heavy atom. The van der Waals surface area contributed by atoms with Gasteiger partial charge < -0.3 is 8.85 Å². The molecule has 0 spiro atoms. The predicted octanol–water partition coefficient (Wildman–Crippen LogP) is 5.06. The van der Waals surface area contributed by atoms with Crippen molar-refractivity contribution in [3.05, 3.63) is 0 Å². The molecule has 120 valence electrons. The van der Waals surface area contributed by atoms with Crippen molar-refractivity contribution in [2.45, 2.75) is 84.6 Å². The quantitative estimate of drug-likeness (QED) is 0.584. The van der Waals surface area contributed by atoms with Gasteiger partial charge in [-0.05, 0) is 25.7 Å². The van der Waals surface area contributed by atoms with Gasteiger partial charge in [0, 0.05) is 18.8 Å². The Morgan fingerprint density at radius 2 is 1.40 bits per heavy atom. The van der Waals surface area contributed by atoms with Crippen LogP contribution in [0.1, 0.15) is 79.1 Å². The molecule has 1 rings (SSSR count). The van der Waals surface area contributed by atoms with E-state index in [1.807, 2.05) is 0 Å². The molecule has 3 heteroatoms. The number of hydrogen-bond donors (Lipinski definition) is 0. The standard InChI is InChI=1S/C17H36O2Si/c1-5-15(4)17(20(18-6-2)19-7-3)16-13-11-9-8-10-12-14-16/h15-17,20H,5-14H2,1-4H3. The van der Waals surface area contributed by atoms with Gasteiger partial charge in [-0.25, -0.2) is 0 Å². The molecule has 2 atom stereocenters. The Balaban J connectivity index is 2.77. The smallest absolute Gasteiger partial charge is 0.325 e. The largest absolute Gasteiger partial charge is 0.397 e. The van der Waals surface area contributed by atoms with E-state index in [2.05, 4.69) is 27.7 Å². The first kappa shape index (κ1) is 18.2. The van der Waals surface area contributed by atoms with Crippen molar-refractivity contribution in [1.29, 1.82) is 0 Å². The fraction of sp³-hybridized carbons (Fsp3) is 1.00.